The number of fused-ring (bicyclic) bond motifs is 1. The van der Waals surface area contributed by atoms with Gasteiger partial charge in [-0.1, -0.05) is 70.1 Å². The normalized spacial score (nSPS) is 12.8. The van der Waals surface area contributed by atoms with Gasteiger partial charge in [-0.3, -0.25) is 14.8 Å². The number of hydrogen-bond donors (Lipinski definition) is 2. The number of phenolic OH excluding ortho intramolecular Hbond substituents is 1. The number of aromatic hydroxyl groups is 1. The Labute approximate surface area is 160 Å². The lowest BCUT2D eigenvalue weighted by Crippen LogP contribution is -2.25. The lowest BCUT2D eigenvalue weighted by molar-refractivity contribution is -0.0327. The van der Waals surface area contributed by atoms with Crippen LogP contribution in [0.4, 0.5) is 0 Å². The van der Waals surface area contributed by atoms with Gasteiger partial charge >= 0.3 is 0 Å². The van der Waals surface area contributed by atoms with E-state index in [0.717, 1.165) is 0 Å². The molecular formula is C14H6Cl5NO4. The lowest BCUT2D eigenvalue weighted by atomic mass is 10.1. The van der Waals surface area contributed by atoms with Crippen LogP contribution in [0.5, 0.6) is 5.75 Å². The highest BCUT2D eigenvalue weighted by Crippen LogP contribution is 2.47. The van der Waals surface area contributed by atoms with E-state index in [0.29, 0.717) is 0 Å². The predicted octanol–water partition coefficient (Wildman–Crippen LogP) is 5.33. The number of nitrogens with zero attached hydrogens (tertiary/aromatic N) is 1. The molecule has 0 bridgehead atoms. The van der Waals surface area contributed by atoms with Gasteiger partial charge in [0.2, 0.25) is 0 Å². The highest BCUT2D eigenvalue weighted by molar-refractivity contribution is 6.55. The molecule has 24 heavy (non-hydrogen) atoms. The molecule has 2 amide bonds. The van der Waals surface area contributed by atoms with Gasteiger partial charge in [-0.2, -0.15) is 0 Å². The number of benzene rings is 2. The zero-order valence-corrected chi connectivity index (χ0v) is 15.1. The summed E-state index contributed by atoms with van der Waals surface area (Å²) in [4.78, 5) is 22.1. The average Bonchev–Trinajstić information content (AvgIpc) is 2.82. The van der Waals surface area contributed by atoms with Crippen molar-refractivity contribution in [1.29, 1.82) is 0 Å². The van der Waals surface area contributed by atoms with Crippen LogP contribution in [-0.4, -0.2) is 27.2 Å². The van der Waals surface area contributed by atoms with Crippen molar-refractivity contribution in [3.8, 4) is 5.75 Å². The molecule has 1 heterocycles. The Morgan fingerprint density at radius 1 is 0.708 bits per heavy atom. The zero-order valence-electron chi connectivity index (χ0n) is 11.4. The van der Waals surface area contributed by atoms with E-state index in [1.807, 2.05) is 0 Å². The predicted molar refractivity (Wildman–Crippen MR) is 91.9 cm³/mol. The van der Waals surface area contributed by atoms with Crippen LogP contribution in [0, 0.1) is 0 Å². The summed E-state index contributed by atoms with van der Waals surface area (Å²) in [5.74, 6) is -1.68. The van der Waals surface area contributed by atoms with E-state index in [9.17, 15) is 14.7 Å². The highest BCUT2D eigenvalue weighted by Gasteiger charge is 2.34. The molecule has 0 aromatic heterocycles. The number of phenols is 1. The number of amides is 2. The molecule has 0 atom stereocenters. The van der Waals surface area contributed by atoms with Crippen molar-refractivity contribution in [3.05, 3.63) is 60.5 Å². The quantitative estimate of drug-likeness (QED) is 0.257. The summed E-state index contributed by atoms with van der Waals surface area (Å²) in [5, 5.41) is 18.1. The Bertz CT molecular complexity index is 715. The van der Waals surface area contributed by atoms with Crippen molar-refractivity contribution in [2.75, 3.05) is 0 Å². The van der Waals surface area contributed by atoms with E-state index in [2.05, 4.69) is 0 Å². The van der Waals surface area contributed by atoms with Gasteiger partial charge in [-0.25, -0.2) is 0 Å². The third kappa shape index (κ3) is 3.28. The first kappa shape index (κ1) is 19.1. The third-order valence-electron chi connectivity index (χ3n) is 2.96. The monoisotopic (exact) mass is 427 g/mol. The second-order valence-electron chi connectivity index (χ2n) is 4.39. The highest BCUT2D eigenvalue weighted by atomic mass is 35.5. The Balaban J connectivity index is 0.000000174. The standard InChI is InChI=1S/C8H5NO3.C6HCl5O/c10-7-5-3-1-2-4-6(5)8(11)9(7)12;7-1-2(8)4(10)6(12)5(11)3(1)9/h1-4,12H;12H. The fourth-order valence-corrected chi connectivity index (χ4v) is 2.90. The summed E-state index contributed by atoms with van der Waals surface area (Å²) in [7, 11) is 0. The first-order valence-electron chi connectivity index (χ1n) is 6.05. The molecule has 0 saturated heterocycles. The number of halogens is 5. The third-order valence-corrected chi connectivity index (χ3v) is 5.22. The van der Waals surface area contributed by atoms with Crippen molar-refractivity contribution in [1.82, 2.24) is 5.06 Å². The fourth-order valence-electron chi connectivity index (χ4n) is 1.77. The van der Waals surface area contributed by atoms with Gasteiger partial charge < -0.3 is 5.11 Å². The molecule has 10 heteroatoms. The maximum Gasteiger partial charge on any atom is 0.285 e. The summed E-state index contributed by atoms with van der Waals surface area (Å²) in [5.41, 5.74) is 0.509. The van der Waals surface area contributed by atoms with Gasteiger partial charge in [0.25, 0.3) is 11.8 Å². The molecule has 3 rings (SSSR count). The molecular weight excluding hydrogens is 423 g/mol. The van der Waals surface area contributed by atoms with Crippen molar-refractivity contribution >= 4 is 69.8 Å². The minimum absolute atomic E-state index is 0.00904. The van der Waals surface area contributed by atoms with Gasteiger partial charge in [0.15, 0.2) is 5.75 Å². The minimum atomic E-state index is -0.657. The number of imide groups is 1. The number of hydroxylamine groups is 2. The number of hydrogen-bond acceptors (Lipinski definition) is 4. The summed E-state index contributed by atoms with van der Waals surface area (Å²) < 4.78 is 0. The van der Waals surface area contributed by atoms with Gasteiger partial charge in [0.1, 0.15) is 10.0 Å². The van der Waals surface area contributed by atoms with Crippen LogP contribution in [0.1, 0.15) is 20.7 Å². The fraction of sp³-hybridized carbons (Fsp3) is 0. The molecule has 2 aromatic rings. The van der Waals surface area contributed by atoms with Crippen LogP contribution in [0.15, 0.2) is 24.3 Å². The van der Waals surface area contributed by atoms with Crippen LogP contribution in [0.25, 0.3) is 0 Å². The molecule has 0 saturated carbocycles. The van der Waals surface area contributed by atoms with E-state index in [1.54, 1.807) is 12.1 Å². The molecule has 0 spiro atoms. The smallest absolute Gasteiger partial charge is 0.285 e. The van der Waals surface area contributed by atoms with Crippen molar-refractivity contribution < 1.29 is 19.9 Å². The minimum Gasteiger partial charge on any atom is -0.505 e. The SMILES string of the molecule is O=C1c2ccccc2C(=O)N1O.Oc1c(Cl)c(Cl)c(Cl)c(Cl)c1Cl. The van der Waals surface area contributed by atoms with Crippen LogP contribution in [0.2, 0.25) is 25.1 Å². The van der Waals surface area contributed by atoms with E-state index in [1.165, 1.54) is 12.1 Å². The zero-order chi connectivity index (χ0) is 18.2. The van der Waals surface area contributed by atoms with E-state index in [-0.39, 0.29) is 47.1 Å². The molecule has 1 aliphatic heterocycles. The number of rotatable bonds is 0. The molecule has 2 N–H and O–H groups in total. The van der Waals surface area contributed by atoms with E-state index < -0.39 is 11.8 Å². The van der Waals surface area contributed by atoms with E-state index >= 15 is 0 Å². The van der Waals surface area contributed by atoms with Crippen LogP contribution in [0.3, 0.4) is 0 Å². The van der Waals surface area contributed by atoms with Gasteiger partial charge in [0.05, 0.1) is 26.2 Å². The Kier molecular flexibility index (Phi) is 5.86. The second kappa shape index (κ2) is 7.35. The molecule has 0 unspecified atom stereocenters. The Morgan fingerprint density at radius 3 is 1.42 bits per heavy atom. The van der Waals surface area contributed by atoms with Crippen molar-refractivity contribution in [2.24, 2.45) is 0 Å². The summed E-state index contributed by atoms with van der Waals surface area (Å²) >= 11 is 27.9. The van der Waals surface area contributed by atoms with Gasteiger partial charge in [-0.05, 0) is 12.1 Å². The molecule has 126 valence electrons. The maximum absolute atomic E-state index is 11.1. The number of carbonyl (C=O) groups is 2. The first-order valence-corrected chi connectivity index (χ1v) is 7.94. The molecule has 0 radical (unpaired) electrons. The summed E-state index contributed by atoms with van der Waals surface area (Å²) in [6.45, 7) is 0. The second-order valence-corrected chi connectivity index (χ2v) is 6.28. The molecule has 1 aliphatic rings. The average molecular weight is 429 g/mol. The van der Waals surface area contributed by atoms with Crippen molar-refractivity contribution in [2.45, 2.75) is 0 Å². The molecule has 0 fully saturated rings. The van der Waals surface area contributed by atoms with Crippen LogP contribution < -0.4 is 0 Å². The van der Waals surface area contributed by atoms with Crippen molar-refractivity contribution in [3.63, 3.8) is 0 Å². The number of carbonyl (C=O) groups excluding carboxylic acids is 2. The topological polar surface area (TPSA) is 77.8 Å². The summed E-state index contributed by atoms with van der Waals surface area (Å²) in [6.07, 6.45) is 0. The Morgan fingerprint density at radius 2 is 1.04 bits per heavy atom. The van der Waals surface area contributed by atoms with Crippen LogP contribution in [-0.2, 0) is 0 Å². The van der Waals surface area contributed by atoms with Gasteiger partial charge in [-0.15, -0.1) is 5.06 Å². The van der Waals surface area contributed by atoms with Gasteiger partial charge in [0, 0.05) is 0 Å². The first-order chi connectivity index (χ1) is 11.2. The Hall–Kier alpha value is -1.21. The molecule has 5 nitrogen and oxygen atoms in total. The lowest BCUT2D eigenvalue weighted by Gasteiger charge is -2.06. The van der Waals surface area contributed by atoms with E-state index in [4.69, 9.17) is 63.2 Å². The largest absolute Gasteiger partial charge is 0.505 e. The maximum atomic E-state index is 11.1. The van der Waals surface area contributed by atoms with Crippen LogP contribution >= 0.6 is 58.0 Å². The molecule has 2 aromatic carbocycles. The summed E-state index contributed by atoms with van der Waals surface area (Å²) in [6, 6.07) is 6.30. The molecule has 0 aliphatic carbocycles.